The third-order valence-electron chi connectivity index (χ3n) is 2.63. The van der Waals surface area contributed by atoms with Crippen molar-refractivity contribution in [1.82, 2.24) is 0 Å². The minimum absolute atomic E-state index is 0.371. The van der Waals surface area contributed by atoms with E-state index in [-0.39, 0.29) is 5.91 Å². The van der Waals surface area contributed by atoms with E-state index < -0.39 is 0 Å². The van der Waals surface area contributed by atoms with Crippen molar-refractivity contribution in [3.05, 3.63) is 51.2 Å². The highest BCUT2D eigenvalue weighted by Crippen LogP contribution is 2.18. The van der Waals surface area contributed by atoms with Gasteiger partial charge in [0.2, 0.25) is 5.91 Å². The maximum absolute atomic E-state index is 11.0. The van der Waals surface area contributed by atoms with E-state index >= 15 is 0 Å². The standard InChI is InChI=1S/C14H16N2OS/c1-9-3-10(2)5-12(4-9)16-7-13-6-11(8-18-13)14(15)17/h3-6,8,16H,7H2,1-2H3,(H2,15,17). The van der Waals surface area contributed by atoms with Crippen LogP contribution in [0.5, 0.6) is 0 Å². The maximum Gasteiger partial charge on any atom is 0.249 e. The number of benzene rings is 1. The molecule has 3 N–H and O–H groups in total. The van der Waals surface area contributed by atoms with Gasteiger partial charge in [-0.15, -0.1) is 11.3 Å². The van der Waals surface area contributed by atoms with Gasteiger partial charge in [0.25, 0.3) is 0 Å². The van der Waals surface area contributed by atoms with E-state index in [0.717, 1.165) is 10.6 Å². The van der Waals surface area contributed by atoms with E-state index in [1.165, 1.54) is 11.1 Å². The molecule has 2 rings (SSSR count). The first kappa shape index (κ1) is 12.6. The van der Waals surface area contributed by atoms with Gasteiger partial charge < -0.3 is 11.1 Å². The first-order valence-electron chi connectivity index (χ1n) is 5.74. The van der Waals surface area contributed by atoms with Gasteiger partial charge in [-0.3, -0.25) is 4.79 Å². The van der Waals surface area contributed by atoms with Gasteiger partial charge in [0.05, 0.1) is 5.56 Å². The Bertz CT molecular complexity index is 555. The van der Waals surface area contributed by atoms with E-state index in [4.69, 9.17) is 5.73 Å². The fraction of sp³-hybridized carbons (Fsp3) is 0.214. The van der Waals surface area contributed by atoms with Gasteiger partial charge in [0, 0.05) is 22.5 Å². The van der Waals surface area contributed by atoms with Crippen molar-refractivity contribution in [2.45, 2.75) is 20.4 Å². The predicted octanol–water partition coefficient (Wildman–Crippen LogP) is 3.08. The van der Waals surface area contributed by atoms with Gasteiger partial charge in [0.15, 0.2) is 0 Å². The molecule has 0 unspecified atom stereocenters. The molecule has 18 heavy (non-hydrogen) atoms. The highest BCUT2D eigenvalue weighted by Gasteiger charge is 2.04. The lowest BCUT2D eigenvalue weighted by molar-refractivity contribution is 0.100. The van der Waals surface area contributed by atoms with Crippen LogP contribution in [0.2, 0.25) is 0 Å². The van der Waals surface area contributed by atoms with Crippen LogP contribution in [0, 0.1) is 13.8 Å². The Labute approximate surface area is 111 Å². The van der Waals surface area contributed by atoms with Crippen molar-refractivity contribution in [3.63, 3.8) is 0 Å². The van der Waals surface area contributed by atoms with Gasteiger partial charge >= 0.3 is 0 Å². The van der Waals surface area contributed by atoms with Gasteiger partial charge in [0.1, 0.15) is 0 Å². The molecule has 0 aliphatic rings. The van der Waals surface area contributed by atoms with Crippen molar-refractivity contribution in [1.29, 1.82) is 0 Å². The van der Waals surface area contributed by atoms with Gasteiger partial charge in [-0.05, 0) is 43.2 Å². The monoisotopic (exact) mass is 260 g/mol. The molecular weight excluding hydrogens is 244 g/mol. The number of aryl methyl sites for hydroxylation is 2. The van der Waals surface area contributed by atoms with Crippen molar-refractivity contribution in [2.75, 3.05) is 5.32 Å². The van der Waals surface area contributed by atoms with Crippen LogP contribution in [0.1, 0.15) is 26.4 Å². The summed E-state index contributed by atoms with van der Waals surface area (Å²) < 4.78 is 0. The van der Waals surface area contributed by atoms with Gasteiger partial charge in [-0.1, -0.05) is 6.07 Å². The number of rotatable bonds is 4. The number of thiophene rings is 1. The normalized spacial score (nSPS) is 10.3. The average molecular weight is 260 g/mol. The maximum atomic E-state index is 11.0. The van der Waals surface area contributed by atoms with E-state index in [9.17, 15) is 4.79 Å². The summed E-state index contributed by atoms with van der Waals surface area (Å²) >= 11 is 1.54. The second-order valence-corrected chi connectivity index (χ2v) is 5.39. The summed E-state index contributed by atoms with van der Waals surface area (Å²) in [5.41, 5.74) is 9.38. The third-order valence-corrected chi connectivity index (χ3v) is 3.56. The third kappa shape index (κ3) is 3.11. The zero-order chi connectivity index (χ0) is 13.1. The van der Waals surface area contributed by atoms with Crippen LogP contribution < -0.4 is 11.1 Å². The molecule has 4 heteroatoms. The summed E-state index contributed by atoms with van der Waals surface area (Å²) in [5.74, 6) is -0.371. The summed E-state index contributed by atoms with van der Waals surface area (Å²) in [6, 6.07) is 8.19. The fourth-order valence-electron chi connectivity index (χ4n) is 1.87. The smallest absolute Gasteiger partial charge is 0.249 e. The van der Waals surface area contributed by atoms with Crippen LogP contribution in [0.15, 0.2) is 29.6 Å². The molecule has 0 bridgehead atoms. The van der Waals surface area contributed by atoms with Crippen LogP contribution in [0.25, 0.3) is 0 Å². The van der Waals surface area contributed by atoms with Crippen molar-refractivity contribution >= 4 is 22.9 Å². The average Bonchev–Trinajstić information content (AvgIpc) is 2.73. The number of carbonyl (C=O) groups is 1. The van der Waals surface area contributed by atoms with Crippen LogP contribution >= 0.6 is 11.3 Å². The van der Waals surface area contributed by atoms with Crippen molar-refractivity contribution in [2.24, 2.45) is 5.73 Å². The molecule has 94 valence electrons. The number of nitrogens with one attached hydrogen (secondary N) is 1. The van der Waals surface area contributed by atoms with E-state index in [1.54, 1.807) is 16.7 Å². The van der Waals surface area contributed by atoms with Crippen molar-refractivity contribution < 1.29 is 4.79 Å². The van der Waals surface area contributed by atoms with E-state index in [0.29, 0.717) is 12.1 Å². The topological polar surface area (TPSA) is 55.1 Å². The molecule has 0 fully saturated rings. The summed E-state index contributed by atoms with van der Waals surface area (Å²) in [6.07, 6.45) is 0. The summed E-state index contributed by atoms with van der Waals surface area (Å²) in [7, 11) is 0. The molecule has 0 atom stereocenters. The number of amides is 1. The first-order valence-corrected chi connectivity index (χ1v) is 6.62. The van der Waals surface area contributed by atoms with Gasteiger partial charge in [-0.25, -0.2) is 0 Å². The molecule has 1 amide bonds. The molecule has 0 saturated carbocycles. The quantitative estimate of drug-likeness (QED) is 0.887. The Morgan fingerprint density at radius 3 is 2.44 bits per heavy atom. The molecule has 0 spiro atoms. The van der Waals surface area contributed by atoms with Crippen LogP contribution in [0.3, 0.4) is 0 Å². The zero-order valence-electron chi connectivity index (χ0n) is 10.5. The van der Waals surface area contributed by atoms with Crippen LogP contribution in [0.4, 0.5) is 5.69 Å². The van der Waals surface area contributed by atoms with E-state index in [1.807, 2.05) is 6.07 Å². The first-order chi connectivity index (χ1) is 8.54. The lowest BCUT2D eigenvalue weighted by Gasteiger charge is -2.07. The number of primary amides is 1. The van der Waals surface area contributed by atoms with E-state index in [2.05, 4.69) is 37.4 Å². The highest BCUT2D eigenvalue weighted by atomic mass is 32.1. The summed E-state index contributed by atoms with van der Waals surface area (Å²) in [5, 5.41) is 5.15. The number of anilines is 1. The SMILES string of the molecule is Cc1cc(C)cc(NCc2cc(C(N)=O)cs2)c1. The lowest BCUT2D eigenvalue weighted by atomic mass is 10.1. The molecule has 2 aromatic rings. The highest BCUT2D eigenvalue weighted by molar-refractivity contribution is 7.10. The second-order valence-electron chi connectivity index (χ2n) is 4.40. The van der Waals surface area contributed by atoms with Gasteiger partial charge in [-0.2, -0.15) is 0 Å². The molecule has 1 aromatic carbocycles. The lowest BCUT2D eigenvalue weighted by Crippen LogP contribution is -2.09. The zero-order valence-corrected chi connectivity index (χ0v) is 11.3. The van der Waals surface area contributed by atoms with Crippen LogP contribution in [-0.4, -0.2) is 5.91 Å². The minimum Gasteiger partial charge on any atom is -0.380 e. The molecule has 1 aromatic heterocycles. The summed E-state index contributed by atoms with van der Waals surface area (Å²) in [6.45, 7) is 4.86. The molecule has 0 radical (unpaired) electrons. The molecule has 0 aliphatic heterocycles. The molecule has 0 aliphatic carbocycles. The number of hydrogen-bond acceptors (Lipinski definition) is 3. The molecule has 3 nitrogen and oxygen atoms in total. The Morgan fingerprint density at radius 1 is 1.22 bits per heavy atom. The molecular formula is C14H16N2OS. The Morgan fingerprint density at radius 2 is 1.89 bits per heavy atom. The summed E-state index contributed by atoms with van der Waals surface area (Å²) in [4.78, 5) is 12.1. The molecule has 1 heterocycles. The fourth-order valence-corrected chi connectivity index (χ4v) is 2.68. The molecule has 0 saturated heterocycles. The largest absolute Gasteiger partial charge is 0.380 e. The predicted molar refractivity (Wildman–Crippen MR) is 76.1 cm³/mol. The number of nitrogens with two attached hydrogens (primary N) is 1. The Hall–Kier alpha value is -1.81. The van der Waals surface area contributed by atoms with Crippen LogP contribution in [-0.2, 0) is 6.54 Å². The Kier molecular flexibility index (Phi) is 3.67. The number of carbonyl (C=O) groups excluding carboxylic acids is 1. The second kappa shape index (κ2) is 5.23. The minimum atomic E-state index is -0.371. The Balaban J connectivity index is 2.04. The van der Waals surface area contributed by atoms with Crippen molar-refractivity contribution in [3.8, 4) is 0 Å². The number of hydrogen-bond donors (Lipinski definition) is 2.